The molecule has 2 aliphatic rings. The Morgan fingerprint density at radius 1 is 1.46 bits per heavy atom. The molecule has 1 aromatic rings. The minimum absolute atomic E-state index is 0.0794. The second kappa shape index (κ2) is 7.13. The van der Waals surface area contributed by atoms with E-state index < -0.39 is 5.54 Å². The monoisotopic (exact) mass is 334 g/mol. The number of aliphatic hydroxyl groups is 1. The maximum Gasteiger partial charge on any atom is 0.271 e. The van der Waals surface area contributed by atoms with Crippen molar-refractivity contribution in [3.8, 4) is 0 Å². The number of amides is 1. The number of likely N-dealkylation sites (N-methyl/N-ethyl adjacent to an activating group) is 1. The van der Waals surface area contributed by atoms with E-state index in [0.717, 1.165) is 37.1 Å². The smallest absolute Gasteiger partial charge is 0.271 e. The molecule has 2 N–H and O–H groups in total. The number of carbonyl (C=O) groups is 1. The van der Waals surface area contributed by atoms with Crippen LogP contribution < -0.4 is 5.32 Å². The number of hydrogen-bond donors (Lipinski definition) is 2. The fourth-order valence-electron chi connectivity index (χ4n) is 3.38. The normalized spacial score (nSPS) is 27.5. The molecule has 0 saturated carbocycles. The van der Waals surface area contributed by atoms with Gasteiger partial charge in [0.2, 0.25) is 0 Å². The molecule has 0 radical (unpaired) electrons. The van der Waals surface area contributed by atoms with Crippen LogP contribution in [0.4, 0.5) is 0 Å². The second-order valence-electron chi connectivity index (χ2n) is 6.90. The molecule has 0 spiro atoms. The topological polar surface area (TPSA) is 87.6 Å². The number of nitrogens with zero attached hydrogens (tertiary/aromatic N) is 3. The van der Waals surface area contributed by atoms with Crippen LogP contribution in [0.5, 0.6) is 0 Å². The van der Waals surface area contributed by atoms with Gasteiger partial charge in [-0.3, -0.25) is 14.7 Å². The van der Waals surface area contributed by atoms with Gasteiger partial charge in [-0.2, -0.15) is 0 Å². The number of fused-ring (bicyclic) bond motifs is 1. The van der Waals surface area contributed by atoms with Crippen molar-refractivity contribution in [1.82, 2.24) is 20.2 Å². The summed E-state index contributed by atoms with van der Waals surface area (Å²) < 4.78 is 5.59. The number of carbonyl (C=O) groups excluding carboxylic acids is 1. The van der Waals surface area contributed by atoms with Crippen molar-refractivity contribution in [2.45, 2.75) is 44.2 Å². The van der Waals surface area contributed by atoms with E-state index >= 15 is 0 Å². The van der Waals surface area contributed by atoms with Crippen LogP contribution in [-0.4, -0.2) is 70.9 Å². The van der Waals surface area contributed by atoms with E-state index in [1.165, 1.54) is 0 Å². The highest BCUT2D eigenvalue weighted by Gasteiger charge is 2.40. The van der Waals surface area contributed by atoms with Gasteiger partial charge in [0.05, 0.1) is 42.9 Å². The van der Waals surface area contributed by atoms with Crippen molar-refractivity contribution < 1.29 is 14.6 Å². The van der Waals surface area contributed by atoms with Crippen molar-refractivity contribution in [3.63, 3.8) is 0 Å². The zero-order chi connectivity index (χ0) is 17.2. The molecule has 0 bridgehead atoms. The zero-order valence-corrected chi connectivity index (χ0v) is 14.4. The fourth-order valence-corrected chi connectivity index (χ4v) is 3.38. The van der Waals surface area contributed by atoms with E-state index in [2.05, 4.69) is 20.2 Å². The van der Waals surface area contributed by atoms with Crippen LogP contribution in [0.25, 0.3) is 0 Å². The Balaban J connectivity index is 1.68. The Hall–Kier alpha value is -1.57. The Morgan fingerprint density at radius 2 is 2.21 bits per heavy atom. The summed E-state index contributed by atoms with van der Waals surface area (Å²) in [6.45, 7) is 3.29. The third-order valence-corrected chi connectivity index (χ3v) is 5.25. The van der Waals surface area contributed by atoms with Crippen LogP contribution in [0.2, 0.25) is 0 Å². The molecule has 0 unspecified atom stereocenters. The molecule has 1 aromatic heterocycles. The third kappa shape index (κ3) is 3.29. The lowest BCUT2D eigenvalue weighted by Gasteiger charge is -2.47. The summed E-state index contributed by atoms with van der Waals surface area (Å²) in [4.78, 5) is 23.4. The van der Waals surface area contributed by atoms with Gasteiger partial charge in [-0.15, -0.1) is 0 Å². The van der Waals surface area contributed by atoms with E-state index in [1.54, 1.807) is 6.20 Å². The minimum atomic E-state index is -0.602. The molecule has 7 nitrogen and oxygen atoms in total. The molecule has 3 rings (SSSR count). The number of aryl methyl sites for hydroxylation is 2. The lowest BCUT2D eigenvalue weighted by molar-refractivity contribution is -0.105. The first-order chi connectivity index (χ1) is 11.6. The van der Waals surface area contributed by atoms with Crippen LogP contribution in [-0.2, 0) is 17.6 Å². The first-order valence-electron chi connectivity index (χ1n) is 8.60. The maximum atomic E-state index is 12.5. The van der Waals surface area contributed by atoms with Crippen molar-refractivity contribution in [1.29, 1.82) is 0 Å². The SMILES string of the molecule is C[C@@H]1COC[C@@](CO)(CNC(=O)c2cnc3c(n2)CCCC3)N1C. The molecular weight excluding hydrogens is 308 g/mol. The number of ether oxygens (including phenoxy) is 1. The average Bonchev–Trinajstić information content (AvgIpc) is 2.62. The number of aliphatic hydroxyl groups excluding tert-OH is 1. The molecular formula is C17H26N4O3. The van der Waals surface area contributed by atoms with Gasteiger partial charge in [-0.1, -0.05) is 0 Å². The highest BCUT2D eigenvalue weighted by atomic mass is 16.5. The van der Waals surface area contributed by atoms with Gasteiger partial charge >= 0.3 is 0 Å². The number of hydrogen-bond acceptors (Lipinski definition) is 6. The Kier molecular flexibility index (Phi) is 5.12. The average molecular weight is 334 g/mol. The Morgan fingerprint density at radius 3 is 2.96 bits per heavy atom. The van der Waals surface area contributed by atoms with Gasteiger partial charge in [0, 0.05) is 12.6 Å². The summed E-state index contributed by atoms with van der Waals surface area (Å²) in [5, 5.41) is 12.8. The number of morpholine rings is 1. The predicted octanol–water partition coefficient (Wildman–Crippen LogP) is 0.167. The van der Waals surface area contributed by atoms with Gasteiger partial charge < -0.3 is 15.2 Å². The maximum absolute atomic E-state index is 12.5. The first kappa shape index (κ1) is 17.3. The summed E-state index contributed by atoms with van der Waals surface area (Å²) >= 11 is 0. The van der Waals surface area contributed by atoms with Crippen LogP contribution in [0.1, 0.15) is 41.6 Å². The molecule has 1 amide bonds. The third-order valence-electron chi connectivity index (χ3n) is 5.25. The Bertz CT molecular complexity index is 609. The van der Waals surface area contributed by atoms with Gasteiger partial charge in [-0.05, 0) is 39.7 Å². The number of aromatic nitrogens is 2. The fraction of sp³-hybridized carbons (Fsp3) is 0.706. The molecule has 24 heavy (non-hydrogen) atoms. The quantitative estimate of drug-likeness (QED) is 0.816. The predicted molar refractivity (Wildman–Crippen MR) is 88.9 cm³/mol. The van der Waals surface area contributed by atoms with Crippen molar-refractivity contribution in [3.05, 3.63) is 23.3 Å². The molecule has 0 aromatic carbocycles. The standard InChI is InChI=1S/C17H26N4O3/c1-12-8-24-11-17(10-22,21(12)2)9-19-16(23)15-7-18-13-5-3-4-6-14(13)20-15/h7,12,22H,3-6,8-11H2,1-2H3,(H,19,23)/t12-,17+/m1/s1. The van der Waals surface area contributed by atoms with Crippen LogP contribution in [0.15, 0.2) is 6.20 Å². The molecule has 2 atom stereocenters. The van der Waals surface area contributed by atoms with E-state index in [0.29, 0.717) is 25.5 Å². The summed E-state index contributed by atoms with van der Waals surface area (Å²) in [6.07, 6.45) is 5.61. The molecule has 7 heteroatoms. The van der Waals surface area contributed by atoms with Crippen molar-refractivity contribution >= 4 is 5.91 Å². The Labute approximate surface area is 142 Å². The summed E-state index contributed by atoms with van der Waals surface area (Å²) in [6, 6.07) is 0.186. The van der Waals surface area contributed by atoms with Crippen LogP contribution >= 0.6 is 0 Å². The summed E-state index contributed by atoms with van der Waals surface area (Å²) in [5.41, 5.74) is 1.70. The zero-order valence-electron chi connectivity index (χ0n) is 14.4. The second-order valence-corrected chi connectivity index (χ2v) is 6.90. The lowest BCUT2D eigenvalue weighted by Crippen LogP contribution is -2.65. The molecule has 132 valence electrons. The van der Waals surface area contributed by atoms with Gasteiger partial charge in [0.15, 0.2) is 0 Å². The first-order valence-corrected chi connectivity index (χ1v) is 8.60. The number of rotatable bonds is 4. The molecule has 1 fully saturated rings. The van der Waals surface area contributed by atoms with Gasteiger partial charge in [0.25, 0.3) is 5.91 Å². The van der Waals surface area contributed by atoms with Gasteiger partial charge in [-0.25, -0.2) is 4.98 Å². The van der Waals surface area contributed by atoms with E-state index in [9.17, 15) is 9.90 Å². The minimum Gasteiger partial charge on any atom is -0.394 e. The largest absolute Gasteiger partial charge is 0.394 e. The van der Waals surface area contributed by atoms with Crippen molar-refractivity contribution in [2.75, 3.05) is 33.4 Å². The van der Waals surface area contributed by atoms with Crippen LogP contribution in [0, 0.1) is 0 Å². The van der Waals surface area contributed by atoms with E-state index in [4.69, 9.17) is 4.74 Å². The molecule has 2 heterocycles. The summed E-state index contributed by atoms with van der Waals surface area (Å²) in [5.74, 6) is -0.254. The van der Waals surface area contributed by atoms with Crippen LogP contribution in [0.3, 0.4) is 0 Å². The highest BCUT2D eigenvalue weighted by Crippen LogP contribution is 2.22. The molecule has 1 aliphatic heterocycles. The van der Waals surface area contributed by atoms with Crippen molar-refractivity contribution in [2.24, 2.45) is 0 Å². The summed E-state index contributed by atoms with van der Waals surface area (Å²) in [7, 11) is 1.95. The number of nitrogens with one attached hydrogen (secondary N) is 1. The van der Waals surface area contributed by atoms with E-state index in [1.807, 2.05) is 14.0 Å². The molecule has 1 saturated heterocycles. The lowest BCUT2D eigenvalue weighted by atomic mass is 9.96. The highest BCUT2D eigenvalue weighted by molar-refractivity contribution is 5.92. The molecule has 1 aliphatic carbocycles. The van der Waals surface area contributed by atoms with Gasteiger partial charge in [0.1, 0.15) is 5.69 Å². The van der Waals surface area contributed by atoms with E-state index in [-0.39, 0.29) is 18.6 Å².